The molecule has 0 saturated heterocycles. The maximum atomic E-state index is 12.6. The van der Waals surface area contributed by atoms with Crippen LogP contribution in [0.5, 0.6) is 0 Å². The number of rotatable bonds is 1. The van der Waals surface area contributed by atoms with Crippen molar-refractivity contribution in [3.8, 4) is 12.1 Å². The summed E-state index contributed by atoms with van der Waals surface area (Å²) in [5, 5.41) is 17.1. The molecule has 0 saturated carbocycles. The van der Waals surface area contributed by atoms with Gasteiger partial charge >= 0.3 is 6.18 Å². The molecule has 86 valence electrons. The normalized spacial score (nSPS) is 10.2. The fraction of sp³-hybridized carbons (Fsp3) is 0.167. The van der Waals surface area contributed by atoms with Crippen LogP contribution in [0.2, 0.25) is 0 Å². The van der Waals surface area contributed by atoms with Crippen molar-refractivity contribution < 1.29 is 13.2 Å². The van der Waals surface area contributed by atoms with E-state index in [2.05, 4.69) is 0 Å². The standard InChI is InChI=1S/C12H7F3N2/c1-8-2-3-11(12(13,14)15)10(4-8)5-9(6-16)7-17/h2-5H,1H3. The second kappa shape index (κ2) is 4.71. The Morgan fingerprint density at radius 3 is 2.29 bits per heavy atom. The van der Waals surface area contributed by atoms with E-state index in [1.165, 1.54) is 24.3 Å². The molecule has 0 aliphatic heterocycles. The van der Waals surface area contributed by atoms with E-state index in [1.807, 2.05) is 0 Å². The molecule has 0 fully saturated rings. The Kier molecular flexibility index (Phi) is 3.55. The van der Waals surface area contributed by atoms with Crippen LogP contribution in [0.3, 0.4) is 0 Å². The first-order chi connectivity index (χ1) is 7.88. The zero-order chi connectivity index (χ0) is 13.1. The van der Waals surface area contributed by atoms with Crippen LogP contribution >= 0.6 is 0 Å². The Balaban J connectivity index is 3.43. The molecule has 0 amide bonds. The molecule has 5 heteroatoms. The quantitative estimate of drug-likeness (QED) is 0.701. The molecule has 0 atom stereocenters. The third-order valence-electron chi connectivity index (χ3n) is 2.05. The molecule has 1 aromatic rings. The van der Waals surface area contributed by atoms with Crippen molar-refractivity contribution in [1.82, 2.24) is 0 Å². The van der Waals surface area contributed by atoms with Crippen molar-refractivity contribution in [2.45, 2.75) is 13.1 Å². The SMILES string of the molecule is Cc1ccc(C(F)(F)F)c(C=C(C#N)C#N)c1. The van der Waals surface area contributed by atoms with Gasteiger partial charge in [-0.1, -0.05) is 17.7 Å². The number of hydrogen-bond acceptors (Lipinski definition) is 2. The molecule has 0 bridgehead atoms. The van der Waals surface area contributed by atoms with Gasteiger partial charge in [-0.25, -0.2) is 0 Å². The van der Waals surface area contributed by atoms with Crippen LogP contribution in [0, 0.1) is 29.6 Å². The zero-order valence-corrected chi connectivity index (χ0v) is 8.84. The maximum absolute atomic E-state index is 12.6. The van der Waals surface area contributed by atoms with Gasteiger partial charge in [0.1, 0.15) is 17.7 Å². The van der Waals surface area contributed by atoms with Crippen LogP contribution in [0.4, 0.5) is 13.2 Å². The van der Waals surface area contributed by atoms with Crippen molar-refractivity contribution in [3.05, 3.63) is 40.5 Å². The van der Waals surface area contributed by atoms with Crippen molar-refractivity contribution in [3.63, 3.8) is 0 Å². The number of nitriles is 2. The van der Waals surface area contributed by atoms with Crippen molar-refractivity contribution in [2.75, 3.05) is 0 Å². The first-order valence-corrected chi connectivity index (χ1v) is 4.58. The Bertz CT molecular complexity index is 526. The number of halogens is 3. The first-order valence-electron chi connectivity index (χ1n) is 4.58. The van der Waals surface area contributed by atoms with Crippen LogP contribution in [0.15, 0.2) is 23.8 Å². The summed E-state index contributed by atoms with van der Waals surface area (Å²) < 4.78 is 37.9. The van der Waals surface area contributed by atoms with Gasteiger partial charge in [0.05, 0.1) is 5.56 Å². The number of allylic oxidation sites excluding steroid dienone is 1. The second-order valence-electron chi connectivity index (χ2n) is 3.37. The van der Waals surface area contributed by atoms with Gasteiger partial charge in [-0.05, 0) is 24.6 Å². The average Bonchev–Trinajstić information content (AvgIpc) is 2.24. The van der Waals surface area contributed by atoms with Gasteiger partial charge in [-0.15, -0.1) is 0 Å². The van der Waals surface area contributed by atoms with E-state index in [1.54, 1.807) is 6.92 Å². The monoisotopic (exact) mass is 236 g/mol. The maximum Gasteiger partial charge on any atom is 0.416 e. The summed E-state index contributed by atoms with van der Waals surface area (Å²) in [6.07, 6.45) is -3.56. The molecule has 0 spiro atoms. The van der Waals surface area contributed by atoms with Gasteiger partial charge in [0.15, 0.2) is 0 Å². The highest BCUT2D eigenvalue weighted by Crippen LogP contribution is 2.33. The molecule has 1 rings (SSSR count). The van der Waals surface area contributed by atoms with Gasteiger partial charge in [0.2, 0.25) is 0 Å². The van der Waals surface area contributed by atoms with Gasteiger partial charge in [0.25, 0.3) is 0 Å². The Morgan fingerprint density at radius 1 is 1.24 bits per heavy atom. The smallest absolute Gasteiger partial charge is 0.192 e. The number of alkyl halides is 3. The lowest BCUT2D eigenvalue weighted by Gasteiger charge is -2.10. The molecular weight excluding hydrogens is 229 g/mol. The number of nitrogens with zero attached hydrogens (tertiary/aromatic N) is 2. The molecule has 0 aliphatic carbocycles. The zero-order valence-electron chi connectivity index (χ0n) is 8.84. The molecule has 2 nitrogen and oxygen atoms in total. The molecule has 0 N–H and O–H groups in total. The highest BCUT2D eigenvalue weighted by Gasteiger charge is 2.32. The molecule has 0 aromatic heterocycles. The summed E-state index contributed by atoms with van der Waals surface area (Å²) in [5.74, 6) is 0. The van der Waals surface area contributed by atoms with E-state index in [0.717, 1.165) is 12.1 Å². The Morgan fingerprint density at radius 2 is 1.82 bits per heavy atom. The van der Waals surface area contributed by atoms with E-state index >= 15 is 0 Å². The molecule has 0 unspecified atom stereocenters. The molecule has 17 heavy (non-hydrogen) atoms. The number of aryl methyl sites for hydroxylation is 1. The van der Waals surface area contributed by atoms with Crippen LogP contribution in [0.1, 0.15) is 16.7 Å². The summed E-state index contributed by atoms with van der Waals surface area (Å²) in [7, 11) is 0. The molecule has 1 aromatic carbocycles. The van der Waals surface area contributed by atoms with Crippen LogP contribution in [-0.4, -0.2) is 0 Å². The van der Waals surface area contributed by atoms with E-state index in [9.17, 15) is 13.2 Å². The summed E-state index contributed by atoms with van der Waals surface area (Å²) in [5.41, 5.74) is -0.762. The van der Waals surface area contributed by atoms with Crippen molar-refractivity contribution >= 4 is 6.08 Å². The van der Waals surface area contributed by atoms with Crippen molar-refractivity contribution in [1.29, 1.82) is 10.5 Å². The summed E-state index contributed by atoms with van der Waals surface area (Å²) in [4.78, 5) is 0. The van der Waals surface area contributed by atoms with E-state index in [0.29, 0.717) is 5.56 Å². The van der Waals surface area contributed by atoms with Gasteiger partial charge in [0, 0.05) is 0 Å². The summed E-state index contributed by atoms with van der Waals surface area (Å²) in [6.45, 7) is 1.63. The minimum atomic E-state index is -4.50. The Hall–Kier alpha value is -2.27. The third kappa shape index (κ3) is 3.09. The molecule has 0 aliphatic rings. The molecule has 0 radical (unpaired) electrons. The van der Waals surface area contributed by atoms with Crippen LogP contribution in [-0.2, 0) is 6.18 Å². The van der Waals surface area contributed by atoms with Gasteiger partial charge in [-0.3, -0.25) is 0 Å². The lowest BCUT2D eigenvalue weighted by atomic mass is 10.0. The summed E-state index contributed by atoms with van der Waals surface area (Å²) >= 11 is 0. The summed E-state index contributed by atoms with van der Waals surface area (Å²) in [6, 6.07) is 6.62. The third-order valence-corrected chi connectivity index (χ3v) is 2.05. The second-order valence-corrected chi connectivity index (χ2v) is 3.37. The average molecular weight is 236 g/mol. The number of benzene rings is 1. The predicted molar refractivity (Wildman–Crippen MR) is 55.4 cm³/mol. The van der Waals surface area contributed by atoms with Gasteiger partial charge < -0.3 is 0 Å². The lowest BCUT2D eigenvalue weighted by molar-refractivity contribution is -0.137. The molecular formula is C12H7F3N2. The highest BCUT2D eigenvalue weighted by atomic mass is 19.4. The van der Waals surface area contributed by atoms with E-state index < -0.39 is 11.7 Å². The highest BCUT2D eigenvalue weighted by molar-refractivity contribution is 5.65. The lowest BCUT2D eigenvalue weighted by Crippen LogP contribution is -2.07. The van der Waals surface area contributed by atoms with E-state index in [4.69, 9.17) is 10.5 Å². The fourth-order valence-electron chi connectivity index (χ4n) is 1.30. The first kappa shape index (κ1) is 12.8. The Labute approximate surface area is 96.2 Å². The van der Waals surface area contributed by atoms with Crippen molar-refractivity contribution in [2.24, 2.45) is 0 Å². The predicted octanol–water partition coefficient (Wildman–Crippen LogP) is 3.44. The minimum absolute atomic E-state index is 0.171. The van der Waals surface area contributed by atoms with Crippen LogP contribution < -0.4 is 0 Å². The fourth-order valence-corrected chi connectivity index (χ4v) is 1.30. The van der Waals surface area contributed by atoms with Gasteiger partial charge in [-0.2, -0.15) is 23.7 Å². The van der Waals surface area contributed by atoms with E-state index in [-0.39, 0.29) is 11.1 Å². The molecule has 0 heterocycles. The topological polar surface area (TPSA) is 47.6 Å². The largest absolute Gasteiger partial charge is 0.416 e. The van der Waals surface area contributed by atoms with Crippen LogP contribution in [0.25, 0.3) is 6.08 Å². The minimum Gasteiger partial charge on any atom is -0.192 e. The number of hydrogen-bond donors (Lipinski definition) is 0.